The summed E-state index contributed by atoms with van der Waals surface area (Å²) in [4.78, 5) is 25.2. The van der Waals surface area contributed by atoms with Crippen LogP contribution in [0.25, 0.3) is 0 Å². The smallest absolute Gasteiger partial charge is 0.268 e. The number of hydrogen-bond donors (Lipinski definition) is 2. The van der Waals surface area contributed by atoms with E-state index in [1.165, 1.54) is 96.3 Å². The Morgan fingerprint density at radius 1 is 0.618 bits per heavy atom. The van der Waals surface area contributed by atoms with E-state index in [-0.39, 0.29) is 12.5 Å². The molecule has 0 radical (unpaired) electrons. The largest absolute Gasteiger partial charge is 0.756 e. The molecule has 0 aromatic carbocycles. The van der Waals surface area contributed by atoms with Gasteiger partial charge in [0.1, 0.15) is 13.2 Å². The van der Waals surface area contributed by atoms with Gasteiger partial charge >= 0.3 is 0 Å². The van der Waals surface area contributed by atoms with Crippen LogP contribution in [0.15, 0.2) is 48.6 Å². The number of likely N-dealkylation sites (N-methyl/N-ethyl adjacent to an activating group) is 1. The lowest BCUT2D eigenvalue weighted by Gasteiger charge is -2.29. The van der Waals surface area contributed by atoms with Gasteiger partial charge in [0.2, 0.25) is 5.91 Å². The van der Waals surface area contributed by atoms with Crippen LogP contribution in [0.2, 0.25) is 0 Å². The van der Waals surface area contributed by atoms with Gasteiger partial charge in [-0.05, 0) is 64.2 Å². The molecule has 3 unspecified atom stereocenters. The van der Waals surface area contributed by atoms with E-state index in [0.29, 0.717) is 17.4 Å². The van der Waals surface area contributed by atoms with Crippen LogP contribution in [0.5, 0.6) is 0 Å². The molecule has 0 fully saturated rings. The molecule has 322 valence electrons. The van der Waals surface area contributed by atoms with Crippen LogP contribution in [0.1, 0.15) is 187 Å². The Kier molecular flexibility index (Phi) is 36.9. The van der Waals surface area contributed by atoms with E-state index >= 15 is 0 Å². The van der Waals surface area contributed by atoms with Crippen LogP contribution >= 0.6 is 7.82 Å². The predicted molar refractivity (Wildman–Crippen MR) is 233 cm³/mol. The Balaban J connectivity index is 4.44. The maximum Gasteiger partial charge on any atom is 0.268 e. The Hall–Kier alpha value is -1.54. The average molecular weight is 795 g/mol. The van der Waals surface area contributed by atoms with Gasteiger partial charge < -0.3 is 28.8 Å². The monoisotopic (exact) mass is 795 g/mol. The van der Waals surface area contributed by atoms with Crippen molar-refractivity contribution in [3.05, 3.63) is 48.6 Å². The van der Waals surface area contributed by atoms with Gasteiger partial charge in [-0.2, -0.15) is 0 Å². The Morgan fingerprint density at radius 2 is 1.04 bits per heavy atom. The van der Waals surface area contributed by atoms with Gasteiger partial charge in [-0.15, -0.1) is 0 Å². The molecular weight excluding hydrogens is 707 g/mol. The minimum atomic E-state index is -4.60. The molecule has 0 aliphatic rings. The summed E-state index contributed by atoms with van der Waals surface area (Å²) in [6, 6.07) is -0.912. The fourth-order valence-corrected chi connectivity index (χ4v) is 6.83. The average Bonchev–Trinajstić information content (AvgIpc) is 3.13. The first kappa shape index (κ1) is 53.5. The van der Waals surface area contributed by atoms with E-state index in [1.54, 1.807) is 6.08 Å². The molecule has 3 atom stereocenters. The van der Waals surface area contributed by atoms with Crippen LogP contribution in [-0.4, -0.2) is 68.5 Å². The second kappa shape index (κ2) is 38.0. The van der Waals surface area contributed by atoms with Crippen molar-refractivity contribution in [3.63, 3.8) is 0 Å². The molecule has 0 saturated carbocycles. The Labute approximate surface area is 339 Å². The van der Waals surface area contributed by atoms with Gasteiger partial charge in [0.05, 0.1) is 39.9 Å². The highest BCUT2D eigenvalue weighted by Crippen LogP contribution is 2.38. The quantitative estimate of drug-likeness (QED) is 0.0277. The van der Waals surface area contributed by atoms with E-state index in [4.69, 9.17) is 9.05 Å². The predicted octanol–water partition coefficient (Wildman–Crippen LogP) is 11.8. The first-order valence-corrected chi connectivity index (χ1v) is 24.0. The SMILES string of the molecule is CCCC/C=C\CCCCCCCC(=O)NC(COP(=O)([O-])OCC[N+](C)(C)C)C(O)/C=C/CC/C=C/CC/C=C/CCCCCCCCCCCCCC. The lowest BCUT2D eigenvalue weighted by molar-refractivity contribution is -0.870. The summed E-state index contributed by atoms with van der Waals surface area (Å²) in [6.07, 6.45) is 47.4. The van der Waals surface area contributed by atoms with E-state index < -0.39 is 26.6 Å². The molecule has 0 aliphatic carbocycles. The van der Waals surface area contributed by atoms with Crippen molar-refractivity contribution in [2.24, 2.45) is 0 Å². The lowest BCUT2D eigenvalue weighted by Crippen LogP contribution is -2.45. The molecule has 0 spiro atoms. The number of rotatable bonds is 40. The normalized spacial score (nSPS) is 14.8. The number of hydrogen-bond acceptors (Lipinski definition) is 6. The lowest BCUT2D eigenvalue weighted by atomic mass is 10.0. The standard InChI is InChI=1S/C46H87N2O6P/c1-6-8-10-12-14-16-18-19-20-21-22-23-24-25-26-27-28-30-31-33-35-37-39-45(49)44(43-54-55(51,52)53-42-41-48(3,4)5)47-46(50)40-38-36-34-32-29-17-15-13-11-9-7-2/h13,15,25-26,30-31,37,39,44-45,49H,6-12,14,16-24,27-29,32-36,38,40-43H2,1-5H3,(H-,47,50,51,52)/b15-13-,26-25+,31-30+,39-37+. The molecule has 0 saturated heterocycles. The summed E-state index contributed by atoms with van der Waals surface area (Å²) in [5.74, 6) is -0.224. The van der Waals surface area contributed by atoms with Crippen LogP contribution in [0.4, 0.5) is 0 Å². The van der Waals surface area contributed by atoms with E-state index in [0.717, 1.165) is 70.6 Å². The van der Waals surface area contributed by atoms with Crippen LogP contribution in [0.3, 0.4) is 0 Å². The molecule has 0 aromatic rings. The number of aliphatic hydroxyl groups is 1. The van der Waals surface area contributed by atoms with Crippen molar-refractivity contribution in [1.29, 1.82) is 0 Å². The molecule has 2 N–H and O–H groups in total. The maximum atomic E-state index is 12.8. The molecular formula is C46H87N2O6P. The maximum absolute atomic E-state index is 12.8. The van der Waals surface area contributed by atoms with E-state index in [1.807, 2.05) is 27.2 Å². The van der Waals surface area contributed by atoms with Crippen molar-refractivity contribution in [2.45, 2.75) is 199 Å². The van der Waals surface area contributed by atoms with Gasteiger partial charge in [0.15, 0.2) is 0 Å². The summed E-state index contributed by atoms with van der Waals surface area (Å²) >= 11 is 0. The minimum absolute atomic E-state index is 0.0117. The van der Waals surface area contributed by atoms with Gasteiger partial charge in [-0.3, -0.25) is 9.36 Å². The fourth-order valence-electron chi connectivity index (χ4n) is 6.10. The van der Waals surface area contributed by atoms with Crippen molar-refractivity contribution < 1.29 is 32.9 Å². The zero-order valence-corrected chi connectivity index (χ0v) is 37.3. The van der Waals surface area contributed by atoms with Crippen molar-refractivity contribution >= 4 is 13.7 Å². The number of aliphatic hydroxyl groups excluding tert-OH is 1. The topological polar surface area (TPSA) is 108 Å². The van der Waals surface area contributed by atoms with Crippen molar-refractivity contribution in [1.82, 2.24) is 5.32 Å². The summed E-state index contributed by atoms with van der Waals surface area (Å²) in [7, 11) is 1.22. The number of unbranched alkanes of at least 4 members (excludes halogenated alkanes) is 21. The van der Waals surface area contributed by atoms with Gasteiger partial charge in [-0.25, -0.2) is 0 Å². The number of amides is 1. The summed E-state index contributed by atoms with van der Waals surface area (Å²) < 4.78 is 23.1. The number of allylic oxidation sites excluding steroid dienone is 7. The zero-order valence-electron chi connectivity index (χ0n) is 36.4. The van der Waals surface area contributed by atoms with Crippen molar-refractivity contribution in [3.8, 4) is 0 Å². The highest BCUT2D eigenvalue weighted by atomic mass is 31.2. The molecule has 0 rings (SSSR count). The summed E-state index contributed by atoms with van der Waals surface area (Å²) in [6.45, 7) is 4.56. The van der Waals surface area contributed by atoms with Gasteiger partial charge in [0.25, 0.3) is 7.82 Å². The minimum Gasteiger partial charge on any atom is -0.756 e. The summed E-state index contributed by atoms with van der Waals surface area (Å²) in [5, 5.41) is 13.7. The number of phosphoric ester groups is 1. The van der Waals surface area contributed by atoms with Crippen LogP contribution in [-0.2, 0) is 18.4 Å². The number of nitrogens with one attached hydrogen (secondary N) is 1. The van der Waals surface area contributed by atoms with Gasteiger partial charge in [-0.1, -0.05) is 165 Å². The molecule has 8 nitrogen and oxygen atoms in total. The third-order valence-electron chi connectivity index (χ3n) is 9.74. The molecule has 0 aromatic heterocycles. The first-order chi connectivity index (χ1) is 26.5. The fraction of sp³-hybridized carbons (Fsp3) is 0.804. The number of quaternary nitrogens is 1. The third kappa shape index (κ3) is 40.5. The molecule has 1 amide bonds. The number of carbonyl (C=O) groups excluding carboxylic acids is 1. The zero-order chi connectivity index (χ0) is 40.7. The van der Waals surface area contributed by atoms with Crippen LogP contribution in [0, 0.1) is 0 Å². The molecule has 9 heteroatoms. The number of carbonyl (C=O) groups is 1. The first-order valence-electron chi connectivity index (χ1n) is 22.5. The van der Waals surface area contributed by atoms with Crippen LogP contribution < -0.4 is 10.2 Å². The second-order valence-corrected chi connectivity index (χ2v) is 17.8. The number of phosphoric acid groups is 1. The second-order valence-electron chi connectivity index (χ2n) is 16.4. The van der Waals surface area contributed by atoms with E-state index in [9.17, 15) is 19.4 Å². The Bertz CT molecular complexity index is 1040. The molecule has 0 heterocycles. The third-order valence-corrected chi connectivity index (χ3v) is 10.7. The van der Waals surface area contributed by atoms with Crippen molar-refractivity contribution in [2.75, 3.05) is 40.9 Å². The van der Waals surface area contributed by atoms with Gasteiger partial charge in [0, 0.05) is 6.42 Å². The Morgan fingerprint density at radius 3 is 1.53 bits per heavy atom. The van der Waals surface area contributed by atoms with E-state index in [2.05, 4.69) is 55.6 Å². The highest BCUT2D eigenvalue weighted by Gasteiger charge is 2.23. The highest BCUT2D eigenvalue weighted by molar-refractivity contribution is 7.45. The molecule has 0 aliphatic heterocycles. The molecule has 55 heavy (non-hydrogen) atoms. The number of nitrogens with zero attached hydrogens (tertiary/aromatic N) is 1. The summed E-state index contributed by atoms with van der Waals surface area (Å²) in [5.41, 5.74) is 0. The molecule has 0 bridgehead atoms.